The second kappa shape index (κ2) is 9.07. The van der Waals surface area contributed by atoms with Gasteiger partial charge in [0.15, 0.2) is 5.75 Å². The summed E-state index contributed by atoms with van der Waals surface area (Å²) in [5, 5.41) is 0.422. The standard InChI is InChI=1S/C19H23N3O4S/c1-13-17(20-8-7-18(13)26-10-4-9-24-2)12-27(23)19-21-15-6-5-14(25-3)11-16(15)22-19/h5-8,11H,4,9-10,12H2,1-3H3,(H,21,22). The molecule has 0 saturated carbocycles. The highest BCUT2D eigenvalue weighted by Crippen LogP contribution is 2.25. The van der Waals surface area contributed by atoms with Crippen molar-refractivity contribution in [2.24, 2.45) is 0 Å². The van der Waals surface area contributed by atoms with Crippen LogP contribution < -0.4 is 9.47 Å². The first-order chi connectivity index (χ1) is 13.1. The summed E-state index contributed by atoms with van der Waals surface area (Å²) in [6.07, 6.45) is 2.48. The van der Waals surface area contributed by atoms with Gasteiger partial charge in [-0.05, 0) is 25.1 Å². The number of hydrogen-bond acceptors (Lipinski definition) is 6. The first-order valence-corrected chi connectivity index (χ1v) is 9.92. The lowest BCUT2D eigenvalue weighted by Gasteiger charge is -2.12. The number of nitrogens with one attached hydrogen (secondary N) is 1. The molecule has 1 aromatic carbocycles. The number of benzene rings is 1. The maximum atomic E-state index is 12.8. The van der Waals surface area contributed by atoms with Gasteiger partial charge in [0.1, 0.15) is 11.5 Å². The molecule has 0 aliphatic heterocycles. The highest BCUT2D eigenvalue weighted by atomic mass is 32.2. The zero-order valence-electron chi connectivity index (χ0n) is 15.7. The number of fused-ring (bicyclic) bond motifs is 1. The second-order valence-corrected chi connectivity index (χ2v) is 7.36. The number of rotatable bonds is 9. The molecule has 0 amide bonds. The van der Waals surface area contributed by atoms with Crippen molar-refractivity contribution in [3.63, 3.8) is 0 Å². The first kappa shape index (κ1) is 19.5. The number of aromatic amines is 1. The Balaban J connectivity index is 1.72. The number of aromatic nitrogens is 3. The van der Waals surface area contributed by atoms with Crippen molar-refractivity contribution >= 4 is 22.2 Å². The lowest BCUT2D eigenvalue weighted by Crippen LogP contribution is -2.10. The van der Waals surface area contributed by atoms with Crippen LogP contribution in [0.3, 0.4) is 0 Å². The van der Waals surface area contributed by atoms with Crippen LogP contribution in [-0.4, -0.2) is 46.9 Å². The Morgan fingerprint density at radius 1 is 1.19 bits per heavy atom. The average Bonchev–Trinajstić information content (AvgIpc) is 3.11. The number of methoxy groups -OCH3 is 2. The third-order valence-corrected chi connectivity index (χ3v) is 5.32. The Kier molecular flexibility index (Phi) is 6.54. The lowest BCUT2D eigenvalue weighted by molar-refractivity contribution is 0.172. The molecule has 1 unspecified atom stereocenters. The minimum atomic E-state index is -1.35. The Hall–Kier alpha value is -2.29. The molecule has 0 aliphatic rings. The molecule has 0 bridgehead atoms. The number of H-pyrrole nitrogens is 1. The van der Waals surface area contributed by atoms with E-state index in [2.05, 4.69) is 15.0 Å². The average molecular weight is 389 g/mol. The molecular formula is C19H23N3O4S. The van der Waals surface area contributed by atoms with Crippen molar-refractivity contribution in [1.82, 2.24) is 15.0 Å². The highest BCUT2D eigenvalue weighted by Gasteiger charge is 2.20. The minimum absolute atomic E-state index is 0.262. The molecule has 1 atom stereocenters. The van der Waals surface area contributed by atoms with Gasteiger partial charge in [-0.3, -0.25) is 9.97 Å². The predicted octanol–water partition coefficient (Wildman–Crippen LogP) is 3.00. The van der Waals surface area contributed by atoms with E-state index >= 15 is 0 Å². The molecule has 27 heavy (non-hydrogen) atoms. The lowest BCUT2D eigenvalue weighted by atomic mass is 10.2. The molecule has 3 aromatic rings. The number of hydrogen-bond donors (Lipinski definition) is 1. The number of ether oxygens (including phenoxy) is 3. The molecular weight excluding hydrogens is 366 g/mol. The van der Waals surface area contributed by atoms with E-state index in [4.69, 9.17) is 14.2 Å². The van der Waals surface area contributed by atoms with Gasteiger partial charge in [0.2, 0.25) is 0 Å². The molecule has 0 saturated heterocycles. The van der Waals surface area contributed by atoms with Gasteiger partial charge in [-0.2, -0.15) is 4.98 Å². The summed E-state index contributed by atoms with van der Waals surface area (Å²) in [6.45, 7) is 3.14. The Bertz CT molecular complexity index is 900. The van der Waals surface area contributed by atoms with E-state index in [-0.39, 0.29) is 5.75 Å². The van der Waals surface area contributed by atoms with E-state index in [1.54, 1.807) is 20.4 Å². The molecule has 1 N–H and O–H groups in total. The Morgan fingerprint density at radius 3 is 2.81 bits per heavy atom. The molecule has 7 nitrogen and oxygen atoms in total. The normalized spacial score (nSPS) is 12.3. The zero-order chi connectivity index (χ0) is 19.2. The third kappa shape index (κ3) is 4.71. The quantitative estimate of drug-likeness (QED) is 0.447. The SMILES string of the molecule is COCCCOc1ccnc(C[S+]([O-])c2nc3cc(OC)ccc3[nH]2)c1C. The van der Waals surface area contributed by atoms with Crippen LogP contribution in [0.1, 0.15) is 17.7 Å². The Labute approximate surface area is 161 Å². The molecule has 0 radical (unpaired) electrons. The third-order valence-electron chi connectivity index (χ3n) is 4.16. The van der Waals surface area contributed by atoms with Crippen LogP contribution >= 0.6 is 0 Å². The van der Waals surface area contributed by atoms with E-state index in [9.17, 15) is 4.55 Å². The van der Waals surface area contributed by atoms with Crippen LogP contribution in [0.4, 0.5) is 0 Å². The largest absolute Gasteiger partial charge is 0.609 e. The molecule has 2 heterocycles. The molecule has 8 heteroatoms. The first-order valence-electron chi connectivity index (χ1n) is 8.60. The van der Waals surface area contributed by atoms with Gasteiger partial charge in [-0.25, -0.2) is 0 Å². The van der Waals surface area contributed by atoms with Crippen molar-refractivity contribution in [2.75, 3.05) is 27.4 Å². The van der Waals surface area contributed by atoms with Gasteiger partial charge in [-0.15, -0.1) is 0 Å². The number of imidazole rings is 1. The topological polar surface area (TPSA) is 92.3 Å². The summed E-state index contributed by atoms with van der Waals surface area (Å²) in [5.74, 6) is 1.72. The summed E-state index contributed by atoms with van der Waals surface area (Å²) in [7, 11) is 3.27. The smallest absolute Gasteiger partial charge is 0.322 e. The fourth-order valence-electron chi connectivity index (χ4n) is 2.64. The summed E-state index contributed by atoms with van der Waals surface area (Å²) in [4.78, 5) is 11.9. The van der Waals surface area contributed by atoms with E-state index < -0.39 is 11.2 Å². The minimum Gasteiger partial charge on any atom is -0.609 e. The van der Waals surface area contributed by atoms with E-state index in [0.29, 0.717) is 24.1 Å². The van der Waals surface area contributed by atoms with Crippen molar-refractivity contribution in [1.29, 1.82) is 0 Å². The Morgan fingerprint density at radius 2 is 2.04 bits per heavy atom. The zero-order valence-corrected chi connectivity index (χ0v) is 16.5. The van der Waals surface area contributed by atoms with Crippen molar-refractivity contribution < 1.29 is 18.8 Å². The van der Waals surface area contributed by atoms with Crippen molar-refractivity contribution in [2.45, 2.75) is 24.3 Å². The summed E-state index contributed by atoms with van der Waals surface area (Å²) in [5.41, 5.74) is 3.16. The maximum absolute atomic E-state index is 12.8. The van der Waals surface area contributed by atoms with Crippen molar-refractivity contribution in [3.8, 4) is 11.5 Å². The highest BCUT2D eigenvalue weighted by molar-refractivity contribution is 7.90. The molecule has 144 valence electrons. The van der Waals surface area contributed by atoms with Crippen LogP contribution in [0.15, 0.2) is 35.6 Å². The maximum Gasteiger partial charge on any atom is 0.322 e. The summed E-state index contributed by atoms with van der Waals surface area (Å²) < 4.78 is 28.8. The van der Waals surface area contributed by atoms with E-state index in [0.717, 1.165) is 34.5 Å². The van der Waals surface area contributed by atoms with Gasteiger partial charge < -0.3 is 18.8 Å². The molecule has 0 spiro atoms. The van der Waals surface area contributed by atoms with E-state index in [1.165, 1.54) is 0 Å². The van der Waals surface area contributed by atoms with Gasteiger partial charge in [0.05, 0.1) is 30.4 Å². The molecule has 0 aliphatic carbocycles. The number of nitrogens with zero attached hydrogens (tertiary/aromatic N) is 2. The van der Waals surface area contributed by atoms with Gasteiger partial charge in [-0.1, -0.05) is 0 Å². The fourth-order valence-corrected chi connectivity index (χ4v) is 3.74. The van der Waals surface area contributed by atoms with Crippen LogP contribution in [0, 0.1) is 6.92 Å². The number of pyridine rings is 1. The van der Waals surface area contributed by atoms with Crippen LogP contribution in [0.5, 0.6) is 11.5 Å². The van der Waals surface area contributed by atoms with Crippen molar-refractivity contribution in [3.05, 3.63) is 41.7 Å². The van der Waals surface area contributed by atoms with Crippen LogP contribution in [0.2, 0.25) is 0 Å². The van der Waals surface area contributed by atoms with Crippen LogP contribution in [-0.2, 0) is 21.7 Å². The van der Waals surface area contributed by atoms with E-state index in [1.807, 2.05) is 31.2 Å². The summed E-state index contributed by atoms with van der Waals surface area (Å²) in [6, 6.07) is 7.33. The monoisotopic (exact) mass is 389 g/mol. The van der Waals surface area contributed by atoms with Gasteiger partial charge in [0, 0.05) is 49.1 Å². The van der Waals surface area contributed by atoms with Crippen LogP contribution in [0.25, 0.3) is 11.0 Å². The van der Waals surface area contributed by atoms with Gasteiger partial charge in [0.25, 0.3) is 0 Å². The fraction of sp³-hybridized carbons (Fsp3) is 0.368. The predicted molar refractivity (Wildman–Crippen MR) is 104 cm³/mol. The second-order valence-electron chi connectivity index (χ2n) is 5.99. The molecule has 2 aromatic heterocycles. The summed E-state index contributed by atoms with van der Waals surface area (Å²) >= 11 is -1.35. The molecule has 3 rings (SSSR count). The molecule has 0 fully saturated rings. The van der Waals surface area contributed by atoms with Gasteiger partial charge >= 0.3 is 5.16 Å².